The van der Waals surface area contributed by atoms with Crippen molar-refractivity contribution in [3.05, 3.63) is 102 Å². The predicted octanol–water partition coefficient (Wildman–Crippen LogP) is 6.90. The number of carbonyl (C=O) groups is 2. The molecule has 0 fully saturated rings. The van der Waals surface area contributed by atoms with Crippen LogP contribution in [0.15, 0.2) is 96.6 Å². The standard InChI is InChI=1S/C31H28O4/c1-30(2,3)35-28(32)22-17-18-31(20-22,23-12-5-4-6-13-23)29(33)34-27-19-21-11-7-8-14-24(21)25-15-9-10-16-26(25)27/h4-17,19H,18,20H2,1-3H3/t31-/m0/s1. The van der Waals surface area contributed by atoms with Gasteiger partial charge in [0, 0.05) is 11.0 Å². The second kappa shape index (κ2) is 8.70. The van der Waals surface area contributed by atoms with E-state index in [1.54, 1.807) is 0 Å². The minimum atomic E-state index is -1.000. The van der Waals surface area contributed by atoms with Crippen molar-refractivity contribution < 1.29 is 19.1 Å². The number of carbonyl (C=O) groups excluding carboxylic acids is 2. The zero-order valence-electron chi connectivity index (χ0n) is 20.2. The van der Waals surface area contributed by atoms with E-state index in [0.717, 1.165) is 27.1 Å². The number of fused-ring (bicyclic) bond motifs is 3. The number of rotatable bonds is 4. The number of ether oxygens (including phenoxy) is 2. The molecule has 0 heterocycles. The third-order valence-electron chi connectivity index (χ3n) is 6.50. The highest BCUT2D eigenvalue weighted by Crippen LogP contribution is 2.43. The van der Waals surface area contributed by atoms with E-state index in [1.807, 2.05) is 106 Å². The first-order chi connectivity index (χ1) is 16.8. The third kappa shape index (κ3) is 4.32. The summed E-state index contributed by atoms with van der Waals surface area (Å²) in [4.78, 5) is 26.8. The van der Waals surface area contributed by atoms with Gasteiger partial charge in [0.15, 0.2) is 0 Å². The molecule has 0 spiro atoms. The molecule has 0 aliphatic heterocycles. The average molecular weight is 465 g/mol. The number of benzene rings is 4. The van der Waals surface area contributed by atoms with E-state index < -0.39 is 11.0 Å². The fourth-order valence-electron chi connectivity index (χ4n) is 4.82. The van der Waals surface area contributed by atoms with Crippen molar-refractivity contribution in [1.82, 2.24) is 0 Å². The zero-order chi connectivity index (χ0) is 24.6. The Morgan fingerprint density at radius 1 is 0.800 bits per heavy atom. The molecule has 0 saturated carbocycles. The minimum absolute atomic E-state index is 0.232. The quantitative estimate of drug-likeness (QED) is 0.187. The second-order valence-electron chi connectivity index (χ2n) is 10.1. The van der Waals surface area contributed by atoms with Gasteiger partial charge < -0.3 is 9.47 Å². The van der Waals surface area contributed by atoms with Crippen LogP contribution in [0.5, 0.6) is 5.75 Å². The molecule has 0 unspecified atom stereocenters. The topological polar surface area (TPSA) is 52.6 Å². The zero-order valence-corrected chi connectivity index (χ0v) is 20.2. The van der Waals surface area contributed by atoms with E-state index >= 15 is 0 Å². The molecule has 0 N–H and O–H groups in total. The SMILES string of the molecule is CC(C)(C)OC(=O)C1=CC[C@@](C(=O)Oc2cc3ccccc3c3ccccc23)(c2ccccc2)C1. The van der Waals surface area contributed by atoms with Gasteiger partial charge in [-0.25, -0.2) is 4.79 Å². The summed E-state index contributed by atoms with van der Waals surface area (Å²) < 4.78 is 11.8. The molecule has 0 saturated heterocycles. The van der Waals surface area contributed by atoms with Crippen molar-refractivity contribution in [2.24, 2.45) is 0 Å². The van der Waals surface area contributed by atoms with Gasteiger partial charge in [0.25, 0.3) is 0 Å². The van der Waals surface area contributed by atoms with Gasteiger partial charge in [0.2, 0.25) is 0 Å². The molecule has 4 aromatic rings. The summed E-state index contributed by atoms with van der Waals surface area (Å²) in [5, 5.41) is 4.01. The molecule has 0 aromatic heterocycles. The predicted molar refractivity (Wildman–Crippen MR) is 138 cm³/mol. The lowest BCUT2D eigenvalue weighted by atomic mass is 9.77. The molecule has 4 heteroatoms. The molecule has 4 nitrogen and oxygen atoms in total. The van der Waals surface area contributed by atoms with Crippen molar-refractivity contribution in [2.75, 3.05) is 0 Å². The first-order valence-electron chi connectivity index (χ1n) is 11.9. The van der Waals surface area contributed by atoms with Crippen LogP contribution in [0.25, 0.3) is 21.5 Å². The molecule has 176 valence electrons. The molecule has 35 heavy (non-hydrogen) atoms. The van der Waals surface area contributed by atoms with Gasteiger partial charge in [-0.05, 0) is 61.4 Å². The normalized spacial score (nSPS) is 17.9. The summed E-state index contributed by atoms with van der Waals surface area (Å²) in [6.45, 7) is 5.51. The molecule has 1 aliphatic carbocycles. The Labute approximate surface area is 205 Å². The smallest absolute Gasteiger partial charge is 0.334 e. The van der Waals surface area contributed by atoms with E-state index in [2.05, 4.69) is 6.07 Å². The van der Waals surface area contributed by atoms with Gasteiger partial charge >= 0.3 is 11.9 Å². The van der Waals surface area contributed by atoms with Crippen LogP contribution in [0.3, 0.4) is 0 Å². The largest absolute Gasteiger partial charge is 0.457 e. The highest BCUT2D eigenvalue weighted by atomic mass is 16.6. The Morgan fingerprint density at radius 3 is 2.14 bits per heavy atom. The first-order valence-corrected chi connectivity index (χ1v) is 11.9. The molecule has 4 aromatic carbocycles. The summed E-state index contributed by atoms with van der Waals surface area (Å²) in [7, 11) is 0. The second-order valence-corrected chi connectivity index (χ2v) is 10.1. The summed E-state index contributed by atoms with van der Waals surface area (Å²) in [6.07, 6.45) is 2.42. The number of hydrogen-bond donors (Lipinski definition) is 0. The lowest BCUT2D eigenvalue weighted by Crippen LogP contribution is -2.38. The number of esters is 2. The van der Waals surface area contributed by atoms with Crippen LogP contribution in [0.4, 0.5) is 0 Å². The monoisotopic (exact) mass is 464 g/mol. The van der Waals surface area contributed by atoms with Gasteiger partial charge in [-0.1, -0.05) is 84.9 Å². The summed E-state index contributed by atoms with van der Waals surface area (Å²) in [5.74, 6) is -0.247. The van der Waals surface area contributed by atoms with Crippen LogP contribution >= 0.6 is 0 Å². The molecule has 1 atom stereocenters. The van der Waals surface area contributed by atoms with Gasteiger partial charge in [-0.15, -0.1) is 0 Å². The van der Waals surface area contributed by atoms with Crippen molar-refractivity contribution in [3.8, 4) is 5.75 Å². The van der Waals surface area contributed by atoms with E-state index in [0.29, 0.717) is 17.7 Å². The van der Waals surface area contributed by atoms with Crippen molar-refractivity contribution >= 4 is 33.5 Å². The van der Waals surface area contributed by atoms with Crippen molar-refractivity contribution in [1.29, 1.82) is 0 Å². The van der Waals surface area contributed by atoms with Crippen molar-refractivity contribution in [2.45, 2.75) is 44.6 Å². The summed E-state index contributed by atoms with van der Waals surface area (Å²) in [6, 6.07) is 27.5. The molecule has 0 radical (unpaired) electrons. The Balaban J connectivity index is 1.54. The van der Waals surface area contributed by atoms with Crippen LogP contribution in [0.1, 0.15) is 39.2 Å². The summed E-state index contributed by atoms with van der Waals surface area (Å²) in [5.41, 5.74) is -0.283. The molecular weight excluding hydrogens is 436 g/mol. The van der Waals surface area contributed by atoms with Gasteiger partial charge in [0.05, 0.1) is 0 Å². The molecule has 5 rings (SSSR count). The minimum Gasteiger partial charge on any atom is -0.457 e. The fourth-order valence-corrected chi connectivity index (χ4v) is 4.82. The lowest BCUT2D eigenvalue weighted by molar-refractivity contribution is -0.150. The highest BCUT2D eigenvalue weighted by Gasteiger charge is 2.47. The van der Waals surface area contributed by atoms with Crippen LogP contribution in [-0.2, 0) is 19.7 Å². The molecular formula is C31H28O4. The fraction of sp³-hybridized carbons (Fsp3) is 0.226. The maximum absolute atomic E-state index is 14.0. The maximum Gasteiger partial charge on any atom is 0.334 e. The molecule has 0 bridgehead atoms. The van der Waals surface area contributed by atoms with Gasteiger partial charge in [-0.3, -0.25) is 4.79 Å². The third-order valence-corrected chi connectivity index (χ3v) is 6.50. The van der Waals surface area contributed by atoms with Crippen LogP contribution < -0.4 is 4.74 Å². The van der Waals surface area contributed by atoms with Gasteiger partial charge in [-0.2, -0.15) is 0 Å². The Morgan fingerprint density at radius 2 is 1.43 bits per heavy atom. The van der Waals surface area contributed by atoms with Crippen LogP contribution in [-0.4, -0.2) is 17.5 Å². The summed E-state index contributed by atoms with van der Waals surface area (Å²) >= 11 is 0. The Bertz CT molecular complexity index is 1460. The Hall–Kier alpha value is -3.92. The van der Waals surface area contributed by atoms with Crippen LogP contribution in [0, 0.1) is 0 Å². The Kier molecular flexibility index (Phi) is 5.68. The van der Waals surface area contributed by atoms with E-state index in [-0.39, 0.29) is 18.4 Å². The van der Waals surface area contributed by atoms with Gasteiger partial charge in [0.1, 0.15) is 16.8 Å². The van der Waals surface area contributed by atoms with E-state index in [4.69, 9.17) is 9.47 Å². The van der Waals surface area contributed by atoms with E-state index in [9.17, 15) is 9.59 Å². The lowest BCUT2D eigenvalue weighted by Gasteiger charge is -2.28. The highest BCUT2D eigenvalue weighted by molar-refractivity contribution is 6.11. The maximum atomic E-state index is 14.0. The molecule has 1 aliphatic rings. The molecule has 0 amide bonds. The number of allylic oxidation sites excluding steroid dienone is 1. The first kappa shape index (κ1) is 22.9. The van der Waals surface area contributed by atoms with E-state index in [1.165, 1.54) is 0 Å². The average Bonchev–Trinajstić information content (AvgIpc) is 3.31. The van der Waals surface area contributed by atoms with Crippen LogP contribution in [0.2, 0.25) is 0 Å². The number of hydrogen-bond acceptors (Lipinski definition) is 4. The van der Waals surface area contributed by atoms with Crippen molar-refractivity contribution in [3.63, 3.8) is 0 Å².